The van der Waals surface area contributed by atoms with Crippen molar-refractivity contribution in [2.45, 2.75) is 32.6 Å². The van der Waals surface area contributed by atoms with E-state index in [4.69, 9.17) is 0 Å². The molecule has 1 N–H and O–H groups in total. The molecule has 0 amide bonds. The molecule has 0 bridgehead atoms. The summed E-state index contributed by atoms with van der Waals surface area (Å²) in [6.07, 6.45) is 1.01. The van der Waals surface area contributed by atoms with Gasteiger partial charge in [0.15, 0.2) is 0 Å². The van der Waals surface area contributed by atoms with E-state index < -0.39 is 0 Å². The predicted octanol–water partition coefficient (Wildman–Crippen LogP) is 3.02. The molecule has 0 unspecified atom stereocenters. The number of hydrogen-bond donors (Lipinski definition) is 1. The van der Waals surface area contributed by atoms with E-state index in [9.17, 15) is 4.39 Å². The van der Waals surface area contributed by atoms with Gasteiger partial charge in [0.05, 0.1) is 0 Å². The molecule has 0 heterocycles. The molecule has 0 aliphatic rings. The van der Waals surface area contributed by atoms with Crippen LogP contribution in [-0.2, 0) is 5.41 Å². The fourth-order valence-electron chi connectivity index (χ4n) is 1.60. The maximum Gasteiger partial charge on any atom is 0.126 e. The highest BCUT2D eigenvalue weighted by atomic mass is 19.1. The van der Waals surface area contributed by atoms with E-state index in [0.29, 0.717) is 5.56 Å². The Kier molecular flexibility index (Phi) is 3.86. The minimum Gasteiger partial charge on any atom is -0.320 e. The molecule has 84 valence electrons. The van der Waals surface area contributed by atoms with E-state index in [2.05, 4.69) is 19.2 Å². The van der Waals surface area contributed by atoms with Gasteiger partial charge in [-0.2, -0.15) is 0 Å². The van der Waals surface area contributed by atoms with Gasteiger partial charge in [-0.1, -0.05) is 26.0 Å². The first-order valence-electron chi connectivity index (χ1n) is 5.38. The summed E-state index contributed by atoms with van der Waals surface area (Å²) in [6, 6.07) is 5.53. The standard InChI is InChI=1S/C13H20FN/c1-10-5-6-11(9-12(10)14)13(2,3)7-8-15-4/h5-6,9,15H,7-8H2,1-4H3. The predicted molar refractivity (Wildman–Crippen MR) is 62.7 cm³/mol. The summed E-state index contributed by atoms with van der Waals surface area (Å²) in [5, 5.41) is 3.13. The van der Waals surface area contributed by atoms with E-state index >= 15 is 0 Å². The summed E-state index contributed by atoms with van der Waals surface area (Å²) in [4.78, 5) is 0. The molecule has 0 spiro atoms. The molecule has 1 nitrogen and oxygen atoms in total. The summed E-state index contributed by atoms with van der Waals surface area (Å²) < 4.78 is 13.4. The summed E-state index contributed by atoms with van der Waals surface area (Å²) in [7, 11) is 1.94. The average molecular weight is 209 g/mol. The molecule has 0 aromatic heterocycles. The van der Waals surface area contributed by atoms with Crippen LogP contribution in [0.15, 0.2) is 18.2 Å². The Bertz CT molecular complexity index is 331. The quantitative estimate of drug-likeness (QED) is 0.803. The van der Waals surface area contributed by atoms with Crippen LogP contribution in [-0.4, -0.2) is 13.6 Å². The largest absolute Gasteiger partial charge is 0.320 e. The molecule has 0 radical (unpaired) electrons. The van der Waals surface area contributed by atoms with Crippen LogP contribution in [0.3, 0.4) is 0 Å². The molecule has 2 heteroatoms. The number of aryl methyl sites for hydroxylation is 1. The van der Waals surface area contributed by atoms with Crippen LogP contribution in [0, 0.1) is 12.7 Å². The van der Waals surface area contributed by atoms with Crippen LogP contribution in [0.4, 0.5) is 4.39 Å². The molecular weight excluding hydrogens is 189 g/mol. The monoisotopic (exact) mass is 209 g/mol. The first-order chi connectivity index (χ1) is 6.97. The zero-order valence-corrected chi connectivity index (χ0v) is 10.0. The molecule has 1 aromatic carbocycles. The highest BCUT2D eigenvalue weighted by Crippen LogP contribution is 2.27. The van der Waals surface area contributed by atoms with Crippen LogP contribution in [0.5, 0.6) is 0 Å². The van der Waals surface area contributed by atoms with Gasteiger partial charge in [0.2, 0.25) is 0 Å². The second-order valence-electron chi connectivity index (χ2n) is 4.70. The molecule has 0 atom stereocenters. The molecule has 15 heavy (non-hydrogen) atoms. The van der Waals surface area contributed by atoms with Crippen LogP contribution >= 0.6 is 0 Å². The van der Waals surface area contributed by atoms with E-state index in [1.165, 1.54) is 0 Å². The topological polar surface area (TPSA) is 12.0 Å². The summed E-state index contributed by atoms with van der Waals surface area (Å²) in [5.41, 5.74) is 1.81. The molecular formula is C13H20FN. The third-order valence-electron chi connectivity index (χ3n) is 2.95. The first-order valence-corrected chi connectivity index (χ1v) is 5.38. The number of halogens is 1. The van der Waals surface area contributed by atoms with Gasteiger partial charge in [-0.15, -0.1) is 0 Å². The second kappa shape index (κ2) is 4.75. The normalized spacial score (nSPS) is 11.8. The van der Waals surface area contributed by atoms with Crippen LogP contribution in [0.1, 0.15) is 31.4 Å². The summed E-state index contributed by atoms with van der Waals surface area (Å²) >= 11 is 0. The van der Waals surface area contributed by atoms with Crippen LogP contribution < -0.4 is 5.32 Å². The zero-order valence-electron chi connectivity index (χ0n) is 10.0. The average Bonchev–Trinajstić information content (AvgIpc) is 2.19. The van der Waals surface area contributed by atoms with Crippen molar-refractivity contribution < 1.29 is 4.39 Å². The lowest BCUT2D eigenvalue weighted by atomic mass is 9.81. The van der Waals surface area contributed by atoms with Crippen molar-refractivity contribution >= 4 is 0 Å². The maximum atomic E-state index is 13.4. The number of benzene rings is 1. The van der Waals surface area contributed by atoms with Crippen molar-refractivity contribution in [3.8, 4) is 0 Å². The smallest absolute Gasteiger partial charge is 0.126 e. The number of hydrogen-bond acceptors (Lipinski definition) is 1. The lowest BCUT2D eigenvalue weighted by molar-refractivity contribution is 0.465. The highest BCUT2D eigenvalue weighted by molar-refractivity contribution is 5.28. The summed E-state index contributed by atoms with van der Waals surface area (Å²) in [6.45, 7) is 7.03. The van der Waals surface area contributed by atoms with Gasteiger partial charge in [-0.3, -0.25) is 0 Å². The molecule has 1 aromatic rings. The third-order valence-corrected chi connectivity index (χ3v) is 2.95. The van der Waals surface area contributed by atoms with E-state index in [1.54, 1.807) is 13.0 Å². The van der Waals surface area contributed by atoms with Crippen molar-refractivity contribution in [2.75, 3.05) is 13.6 Å². The zero-order chi connectivity index (χ0) is 11.5. The fraction of sp³-hybridized carbons (Fsp3) is 0.538. The minimum atomic E-state index is -0.106. The third kappa shape index (κ3) is 3.03. The van der Waals surface area contributed by atoms with Gasteiger partial charge in [-0.05, 0) is 49.5 Å². The van der Waals surface area contributed by atoms with Crippen molar-refractivity contribution in [2.24, 2.45) is 0 Å². The van der Waals surface area contributed by atoms with Gasteiger partial charge >= 0.3 is 0 Å². The SMILES string of the molecule is CNCCC(C)(C)c1ccc(C)c(F)c1. The van der Waals surface area contributed by atoms with Gasteiger partial charge in [0.25, 0.3) is 0 Å². The Labute approximate surface area is 91.7 Å². The van der Waals surface area contributed by atoms with Crippen molar-refractivity contribution in [1.82, 2.24) is 5.32 Å². The van der Waals surface area contributed by atoms with E-state index in [-0.39, 0.29) is 11.2 Å². The Morgan fingerprint density at radius 1 is 1.33 bits per heavy atom. The second-order valence-corrected chi connectivity index (χ2v) is 4.70. The Balaban J connectivity index is 2.89. The van der Waals surface area contributed by atoms with Gasteiger partial charge < -0.3 is 5.32 Å². The van der Waals surface area contributed by atoms with E-state index in [0.717, 1.165) is 18.5 Å². The first kappa shape index (κ1) is 12.2. The van der Waals surface area contributed by atoms with E-state index in [1.807, 2.05) is 19.2 Å². The van der Waals surface area contributed by atoms with Crippen LogP contribution in [0.2, 0.25) is 0 Å². The van der Waals surface area contributed by atoms with Crippen LogP contribution in [0.25, 0.3) is 0 Å². The van der Waals surface area contributed by atoms with Crippen molar-refractivity contribution in [1.29, 1.82) is 0 Å². The number of nitrogens with one attached hydrogen (secondary N) is 1. The van der Waals surface area contributed by atoms with Crippen molar-refractivity contribution in [3.63, 3.8) is 0 Å². The van der Waals surface area contributed by atoms with Gasteiger partial charge in [0.1, 0.15) is 5.82 Å². The Morgan fingerprint density at radius 3 is 2.53 bits per heavy atom. The Morgan fingerprint density at radius 2 is 2.00 bits per heavy atom. The molecule has 0 fully saturated rings. The molecule has 0 aliphatic heterocycles. The van der Waals surface area contributed by atoms with Gasteiger partial charge in [0, 0.05) is 0 Å². The molecule has 0 saturated carbocycles. The summed E-state index contributed by atoms with van der Waals surface area (Å²) in [5.74, 6) is -0.106. The fourth-order valence-corrected chi connectivity index (χ4v) is 1.60. The molecule has 1 rings (SSSR count). The lowest BCUT2D eigenvalue weighted by Crippen LogP contribution is -2.23. The lowest BCUT2D eigenvalue weighted by Gasteiger charge is -2.25. The number of rotatable bonds is 4. The maximum absolute atomic E-state index is 13.4. The van der Waals surface area contributed by atoms with Gasteiger partial charge in [-0.25, -0.2) is 4.39 Å². The van der Waals surface area contributed by atoms with Crippen molar-refractivity contribution in [3.05, 3.63) is 35.1 Å². The molecule has 0 aliphatic carbocycles. The highest BCUT2D eigenvalue weighted by Gasteiger charge is 2.20. The Hall–Kier alpha value is -0.890. The molecule has 0 saturated heterocycles. The minimum absolute atomic E-state index is 0.0253.